The lowest BCUT2D eigenvalue weighted by molar-refractivity contribution is -0.0442. The zero-order valence-corrected chi connectivity index (χ0v) is 13.3. The Morgan fingerprint density at radius 1 is 1.57 bits per heavy atom. The Hall–Kier alpha value is -1.35. The van der Waals surface area contributed by atoms with Gasteiger partial charge in [0.05, 0.1) is 35.1 Å². The van der Waals surface area contributed by atoms with Crippen LogP contribution < -0.4 is 0 Å². The number of hydrogen-bond acceptors (Lipinski definition) is 4. The minimum absolute atomic E-state index is 0.0635. The van der Waals surface area contributed by atoms with E-state index in [1.165, 1.54) is 11.3 Å². The van der Waals surface area contributed by atoms with Gasteiger partial charge >= 0.3 is 0 Å². The van der Waals surface area contributed by atoms with Crippen LogP contribution in [0.3, 0.4) is 0 Å². The van der Waals surface area contributed by atoms with Crippen LogP contribution in [0.15, 0.2) is 12.1 Å². The van der Waals surface area contributed by atoms with E-state index in [2.05, 4.69) is 18.8 Å². The average Bonchev–Trinajstić information content (AvgIpc) is 2.95. The van der Waals surface area contributed by atoms with E-state index in [9.17, 15) is 4.79 Å². The van der Waals surface area contributed by atoms with Gasteiger partial charge < -0.3 is 14.7 Å². The molecule has 1 saturated heterocycles. The molecule has 2 rings (SSSR count). The Labute approximate surface area is 129 Å². The maximum atomic E-state index is 12.7. The lowest BCUT2D eigenvalue weighted by atomic mass is 10.1. The number of carbonyl (C=O) groups is 1. The molecule has 1 fully saturated rings. The highest BCUT2D eigenvalue weighted by Crippen LogP contribution is 2.22. The molecule has 21 heavy (non-hydrogen) atoms. The number of thiophene rings is 1. The number of morpholine rings is 1. The van der Waals surface area contributed by atoms with Crippen LogP contribution in [-0.2, 0) is 4.74 Å². The summed E-state index contributed by atoms with van der Waals surface area (Å²) in [6.07, 6.45) is 1.44. The first-order chi connectivity index (χ1) is 10.2. The van der Waals surface area contributed by atoms with Gasteiger partial charge in [0.25, 0.3) is 5.91 Å². The molecule has 1 N–H and O–H groups in total. The van der Waals surface area contributed by atoms with Gasteiger partial charge in [-0.15, -0.1) is 11.3 Å². The number of nitrogens with zero attached hydrogens (tertiary/aromatic N) is 1. The van der Waals surface area contributed by atoms with Crippen LogP contribution in [-0.4, -0.2) is 47.8 Å². The number of amides is 1. The molecule has 2 unspecified atom stereocenters. The van der Waals surface area contributed by atoms with Crippen LogP contribution in [0.2, 0.25) is 0 Å². The largest absolute Gasteiger partial charge is 0.395 e. The van der Waals surface area contributed by atoms with Crippen LogP contribution in [0.5, 0.6) is 0 Å². The second kappa shape index (κ2) is 7.60. The first kappa shape index (κ1) is 16.0. The summed E-state index contributed by atoms with van der Waals surface area (Å²) in [5.41, 5.74) is 0. The van der Waals surface area contributed by atoms with Gasteiger partial charge in [-0.25, -0.2) is 0 Å². The fourth-order valence-corrected chi connectivity index (χ4v) is 3.13. The minimum Gasteiger partial charge on any atom is -0.395 e. The Morgan fingerprint density at radius 2 is 2.38 bits per heavy atom. The summed E-state index contributed by atoms with van der Waals surface area (Å²) in [5.74, 6) is 5.91. The van der Waals surface area contributed by atoms with Crippen molar-refractivity contribution in [2.75, 3.05) is 19.8 Å². The smallest absolute Gasteiger partial charge is 0.264 e. The molecule has 5 heteroatoms. The van der Waals surface area contributed by atoms with Gasteiger partial charge in [0.1, 0.15) is 0 Å². The first-order valence-corrected chi connectivity index (χ1v) is 8.09. The van der Waals surface area contributed by atoms with Gasteiger partial charge in [-0.05, 0) is 25.5 Å². The Morgan fingerprint density at radius 3 is 3.10 bits per heavy atom. The molecule has 1 aliphatic heterocycles. The standard InChI is InChI=1S/C16H21NO3S/c1-3-13-11-20-12(2)10-17(13)16(19)15-8-7-14(21-15)6-4-5-9-18/h7-8,12-13,18H,3,5,9-11H2,1-2H3. The topological polar surface area (TPSA) is 49.8 Å². The summed E-state index contributed by atoms with van der Waals surface area (Å²) in [7, 11) is 0. The second-order valence-electron chi connectivity index (χ2n) is 5.10. The van der Waals surface area contributed by atoms with Crippen LogP contribution in [0, 0.1) is 11.8 Å². The summed E-state index contributed by atoms with van der Waals surface area (Å²) in [5, 5.41) is 8.72. The van der Waals surface area contributed by atoms with Crippen molar-refractivity contribution in [2.24, 2.45) is 0 Å². The molecular formula is C16H21NO3S. The summed E-state index contributed by atoms with van der Waals surface area (Å²) in [6.45, 7) is 5.38. The predicted molar refractivity (Wildman–Crippen MR) is 83.4 cm³/mol. The van der Waals surface area contributed by atoms with Gasteiger partial charge in [0.2, 0.25) is 0 Å². The maximum absolute atomic E-state index is 12.7. The highest BCUT2D eigenvalue weighted by atomic mass is 32.1. The quantitative estimate of drug-likeness (QED) is 0.870. The molecular weight excluding hydrogens is 286 g/mol. The second-order valence-corrected chi connectivity index (χ2v) is 6.19. The van der Waals surface area contributed by atoms with Gasteiger partial charge in [-0.1, -0.05) is 18.8 Å². The Bertz CT molecular complexity index is 543. The number of hydrogen-bond donors (Lipinski definition) is 1. The normalized spacial score (nSPS) is 21.8. The van der Waals surface area contributed by atoms with Gasteiger partial charge in [0, 0.05) is 13.0 Å². The van der Waals surface area contributed by atoms with E-state index in [4.69, 9.17) is 9.84 Å². The third-order valence-electron chi connectivity index (χ3n) is 3.46. The van der Waals surface area contributed by atoms with Crippen molar-refractivity contribution < 1.29 is 14.6 Å². The molecule has 2 heterocycles. The zero-order valence-electron chi connectivity index (χ0n) is 12.5. The summed E-state index contributed by atoms with van der Waals surface area (Å²) in [4.78, 5) is 16.2. The molecule has 0 radical (unpaired) electrons. The van der Waals surface area contributed by atoms with Crippen molar-refractivity contribution in [1.82, 2.24) is 4.90 Å². The Balaban J connectivity index is 2.10. The lowest BCUT2D eigenvalue weighted by Crippen LogP contribution is -2.51. The van der Waals surface area contributed by atoms with E-state index in [0.29, 0.717) is 19.6 Å². The average molecular weight is 307 g/mol. The molecule has 2 atom stereocenters. The molecule has 114 valence electrons. The third kappa shape index (κ3) is 4.07. The highest BCUT2D eigenvalue weighted by molar-refractivity contribution is 7.14. The highest BCUT2D eigenvalue weighted by Gasteiger charge is 2.30. The van der Waals surface area contributed by atoms with Gasteiger partial charge in [-0.3, -0.25) is 4.79 Å². The molecule has 4 nitrogen and oxygen atoms in total. The number of aliphatic hydroxyl groups excluding tert-OH is 1. The molecule has 1 aliphatic rings. The number of ether oxygens (including phenoxy) is 1. The fraction of sp³-hybridized carbons (Fsp3) is 0.562. The molecule has 0 aromatic carbocycles. The van der Waals surface area contributed by atoms with E-state index in [-0.39, 0.29) is 24.7 Å². The van der Waals surface area contributed by atoms with Gasteiger partial charge in [0.15, 0.2) is 0 Å². The van der Waals surface area contributed by atoms with E-state index < -0.39 is 0 Å². The third-order valence-corrected chi connectivity index (χ3v) is 4.45. The van der Waals surface area contributed by atoms with Crippen molar-refractivity contribution in [3.8, 4) is 11.8 Å². The van der Waals surface area contributed by atoms with Crippen LogP contribution in [0.4, 0.5) is 0 Å². The van der Waals surface area contributed by atoms with E-state index in [1.54, 1.807) is 0 Å². The molecule has 0 spiro atoms. The molecule has 1 aromatic heterocycles. The minimum atomic E-state index is 0.0635. The number of aliphatic hydroxyl groups is 1. The monoisotopic (exact) mass is 307 g/mol. The fourth-order valence-electron chi connectivity index (χ4n) is 2.30. The summed E-state index contributed by atoms with van der Waals surface area (Å²) < 4.78 is 5.63. The van der Waals surface area contributed by atoms with E-state index in [1.807, 2.05) is 24.0 Å². The number of carbonyl (C=O) groups excluding carboxylic acids is 1. The zero-order chi connectivity index (χ0) is 15.2. The van der Waals surface area contributed by atoms with E-state index >= 15 is 0 Å². The van der Waals surface area contributed by atoms with Crippen LogP contribution >= 0.6 is 11.3 Å². The lowest BCUT2D eigenvalue weighted by Gasteiger charge is -2.38. The van der Waals surface area contributed by atoms with Crippen LogP contribution in [0.1, 0.15) is 41.2 Å². The molecule has 1 amide bonds. The Kier molecular flexibility index (Phi) is 5.80. The summed E-state index contributed by atoms with van der Waals surface area (Å²) in [6, 6.07) is 3.86. The molecule has 1 aromatic rings. The molecule has 0 saturated carbocycles. The first-order valence-electron chi connectivity index (χ1n) is 7.27. The maximum Gasteiger partial charge on any atom is 0.264 e. The van der Waals surface area contributed by atoms with Crippen molar-refractivity contribution in [3.63, 3.8) is 0 Å². The van der Waals surface area contributed by atoms with Crippen molar-refractivity contribution >= 4 is 17.2 Å². The van der Waals surface area contributed by atoms with Crippen LogP contribution in [0.25, 0.3) is 0 Å². The van der Waals surface area contributed by atoms with Gasteiger partial charge in [-0.2, -0.15) is 0 Å². The SMILES string of the molecule is CCC1COC(C)CN1C(=O)c1ccc(C#CCCO)s1. The number of rotatable bonds is 3. The molecule has 0 bridgehead atoms. The van der Waals surface area contributed by atoms with E-state index in [0.717, 1.165) is 16.2 Å². The predicted octanol–water partition coefficient (Wildman–Crippen LogP) is 2.12. The van der Waals surface area contributed by atoms with Crippen molar-refractivity contribution in [1.29, 1.82) is 0 Å². The van der Waals surface area contributed by atoms with Crippen molar-refractivity contribution in [3.05, 3.63) is 21.9 Å². The molecule has 0 aliphatic carbocycles. The van der Waals surface area contributed by atoms with Crippen molar-refractivity contribution in [2.45, 2.75) is 38.8 Å². The summed E-state index contributed by atoms with van der Waals surface area (Å²) >= 11 is 1.41.